The van der Waals surface area contributed by atoms with E-state index in [1.165, 1.54) is 12.0 Å². The highest BCUT2D eigenvalue weighted by molar-refractivity contribution is 5.17. The SMILES string of the molecule is COc1ccc(CN(C)CCC2C(C)NNC2C)cn1. The molecular weight excluding hydrogens is 252 g/mol. The lowest BCUT2D eigenvalue weighted by atomic mass is 9.93. The van der Waals surface area contributed by atoms with Crippen LogP contribution in [0.15, 0.2) is 18.3 Å². The third-order valence-corrected chi connectivity index (χ3v) is 4.13. The standard InChI is InChI=1S/C15H26N4O/c1-11-14(12(2)18-17-11)7-8-19(3)10-13-5-6-15(20-4)16-9-13/h5-6,9,11-12,14,17-18H,7-8,10H2,1-4H3. The maximum Gasteiger partial charge on any atom is 0.212 e. The Morgan fingerprint density at radius 2 is 1.95 bits per heavy atom. The molecule has 0 radical (unpaired) electrons. The van der Waals surface area contributed by atoms with Crippen LogP contribution in [0.25, 0.3) is 0 Å². The number of pyridine rings is 1. The van der Waals surface area contributed by atoms with Gasteiger partial charge in [-0.2, -0.15) is 0 Å². The number of nitrogens with one attached hydrogen (secondary N) is 2. The van der Waals surface area contributed by atoms with Gasteiger partial charge in [-0.15, -0.1) is 0 Å². The summed E-state index contributed by atoms with van der Waals surface area (Å²) >= 11 is 0. The number of ether oxygens (including phenoxy) is 1. The highest BCUT2D eigenvalue weighted by Crippen LogP contribution is 2.19. The predicted octanol–water partition coefficient (Wildman–Crippen LogP) is 1.41. The van der Waals surface area contributed by atoms with Crippen LogP contribution >= 0.6 is 0 Å². The molecule has 0 aliphatic carbocycles. The summed E-state index contributed by atoms with van der Waals surface area (Å²) < 4.78 is 5.07. The molecule has 2 unspecified atom stereocenters. The van der Waals surface area contributed by atoms with Crippen LogP contribution in [0, 0.1) is 5.92 Å². The third kappa shape index (κ3) is 3.91. The summed E-state index contributed by atoms with van der Waals surface area (Å²) in [5.74, 6) is 1.36. The van der Waals surface area contributed by atoms with E-state index in [2.05, 4.69) is 47.7 Å². The third-order valence-electron chi connectivity index (χ3n) is 4.13. The van der Waals surface area contributed by atoms with Crippen molar-refractivity contribution in [1.82, 2.24) is 20.7 Å². The lowest BCUT2D eigenvalue weighted by Gasteiger charge is -2.22. The van der Waals surface area contributed by atoms with Gasteiger partial charge in [0.2, 0.25) is 5.88 Å². The number of methoxy groups -OCH3 is 1. The van der Waals surface area contributed by atoms with Crippen LogP contribution in [-0.4, -0.2) is 42.7 Å². The van der Waals surface area contributed by atoms with Crippen molar-refractivity contribution in [3.8, 4) is 5.88 Å². The second-order valence-electron chi connectivity index (χ2n) is 5.77. The van der Waals surface area contributed by atoms with Crippen LogP contribution in [0.2, 0.25) is 0 Å². The molecule has 2 N–H and O–H groups in total. The molecule has 2 rings (SSSR count). The molecule has 1 aliphatic heterocycles. The van der Waals surface area contributed by atoms with Crippen LogP contribution < -0.4 is 15.6 Å². The van der Waals surface area contributed by atoms with Crippen molar-refractivity contribution in [3.63, 3.8) is 0 Å². The number of aromatic nitrogens is 1. The number of hydrazine groups is 1. The van der Waals surface area contributed by atoms with Gasteiger partial charge in [0, 0.05) is 30.9 Å². The van der Waals surface area contributed by atoms with Gasteiger partial charge >= 0.3 is 0 Å². The number of hydrogen-bond acceptors (Lipinski definition) is 5. The van der Waals surface area contributed by atoms with Gasteiger partial charge in [-0.1, -0.05) is 6.07 Å². The molecule has 2 heterocycles. The summed E-state index contributed by atoms with van der Waals surface area (Å²) in [5, 5.41) is 0. The fourth-order valence-corrected chi connectivity index (χ4v) is 2.80. The first kappa shape index (κ1) is 15.2. The molecule has 20 heavy (non-hydrogen) atoms. The first-order chi connectivity index (χ1) is 9.60. The first-order valence-electron chi connectivity index (χ1n) is 7.28. The monoisotopic (exact) mass is 278 g/mol. The molecule has 0 saturated carbocycles. The lowest BCUT2D eigenvalue weighted by molar-refractivity contribution is 0.278. The minimum Gasteiger partial charge on any atom is -0.481 e. The number of rotatable bonds is 6. The summed E-state index contributed by atoms with van der Waals surface area (Å²) in [4.78, 5) is 6.59. The lowest BCUT2D eigenvalue weighted by Crippen LogP contribution is -2.30. The molecule has 5 nitrogen and oxygen atoms in total. The maximum atomic E-state index is 5.07. The van der Waals surface area contributed by atoms with Crippen molar-refractivity contribution in [2.24, 2.45) is 5.92 Å². The Balaban J connectivity index is 1.78. The molecule has 5 heteroatoms. The molecule has 0 spiro atoms. The largest absolute Gasteiger partial charge is 0.481 e. The van der Waals surface area contributed by atoms with E-state index in [0.29, 0.717) is 23.9 Å². The quantitative estimate of drug-likeness (QED) is 0.824. The van der Waals surface area contributed by atoms with Gasteiger partial charge in [0.25, 0.3) is 0 Å². The predicted molar refractivity (Wildman–Crippen MR) is 80.4 cm³/mol. The van der Waals surface area contributed by atoms with Gasteiger partial charge in [0.05, 0.1) is 7.11 Å². The van der Waals surface area contributed by atoms with Crippen LogP contribution in [0.1, 0.15) is 25.8 Å². The van der Waals surface area contributed by atoms with Gasteiger partial charge < -0.3 is 9.64 Å². The molecule has 1 saturated heterocycles. The Morgan fingerprint density at radius 1 is 1.25 bits per heavy atom. The summed E-state index contributed by atoms with van der Waals surface area (Å²) in [6.07, 6.45) is 3.08. The first-order valence-corrected chi connectivity index (χ1v) is 7.28. The molecule has 112 valence electrons. The molecule has 1 fully saturated rings. The Hall–Kier alpha value is -1.17. The second kappa shape index (κ2) is 7.02. The topological polar surface area (TPSA) is 49.4 Å². The second-order valence-corrected chi connectivity index (χ2v) is 5.77. The van der Waals surface area contributed by atoms with E-state index in [4.69, 9.17) is 4.74 Å². The minimum atomic E-state index is 0.543. The Kier molecular flexibility index (Phi) is 5.34. The van der Waals surface area contributed by atoms with E-state index in [0.717, 1.165) is 13.1 Å². The maximum absolute atomic E-state index is 5.07. The van der Waals surface area contributed by atoms with Gasteiger partial charge in [-0.05, 0) is 45.3 Å². The van der Waals surface area contributed by atoms with E-state index in [1.54, 1.807) is 7.11 Å². The van der Waals surface area contributed by atoms with E-state index in [9.17, 15) is 0 Å². The molecular formula is C15H26N4O. The van der Waals surface area contributed by atoms with Crippen molar-refractivity contribution >= 4 is 0 Å². The molecule has 0 bridgehead atoms. The highest BCUT2D eigenvalue weighted by Gasteiger charge is 2.29. The van der Waals surface area contributed by atoms with Crippen LogP contribution in [0.5, 0.6) is 5.88 Å². The minimum absolute atomic E-state index is 0.543. The molecule has 1 aromatic rings. The van der Waals surface area contributed by atoms with E-state index < -0.39 is 0 Å². The van der Waals surface area contributed by atoms with Crippen molar-refractivity contribution in [2.45, 2.75) is 38.9 Å². The Labute approximate surface area is 121 Å². The summed E-state index contributed by atoms with van der Waals surface area (Å²) in [6.45, 7) is 6.51. The zero-order valence-corrected chi connectivity index (χ0v) is 12.9. The molecule has 1 aromatic heterocycles. The zero-order valence-electron chi connectivity index (χ0n) is 12.9. The average Bonchev–Trinajstić information content (AvgIpc) is 2.77. The molecule has 2 atom stereocenters. The van der Waals surface area contributed by atoms with Gasteiger partial charge in [-0.3, -0.25) is 10.9 Å². The van der Waals surface area contributed by atoms with E-state index in [1.807, 2.05) is 12.3 Å². The zero-order chi connectivity index (χ0) is 14.5. The van der Waals surface area contributed by atoms with E-state index in [-0.39, 0.29) is 0 Å². The van der Waals surface area contributed by atoms with E-state index >= 15 is 0 Å². The molecule has 0 aromatic carbocycles. The smallest absolute Gasteiger partial charge is 0.212 e. The van der Waals surface area contributed by atoms with Crippen molar-refractivity contribution in [1.29, 1.82) is 0 Å². The van der Waals surface area contributed by atoms with Crippen molar-refractivity contribution in [2.75, 3.05) is 20.7 Å². The number of hydrogen-bond donors (Lipinski definition) is 2. The fraction of sp³-hybridized carbons (Fsp3) is 0.667. The van der Waals surface area contributed by atoms with Gasteiger partial charge in [-0.25, -0.2) is 4.98 Å². The Morgan fingerprint density at radius 3 is 2.50 bits per heavy atom. The normalized spacial score (nSPS) is 26.1. The van der Waals surface area contributed by atoms with Crippen LogP contribution in [-0.2, 0) is 6.54 Å². The van der Waals surface area contributed by atoms with Gasteiger partial charge in [0.1, 0.15) is 0 Å². The average molecular weight is 278 g/mol. The Bertz CT molecular complexity index is 399. The highest BCUT2D eigenvalue weighted by atomic mass is 16.5. The van der Waals surface area contributed by atoms with Gasteiger partial charge in [0.15, 0.2) is 0 Å². The van der Waals surface area contributed by atoms with Crippen molar-refractivity contribution < 1.29 is 4.74 Å². The molecule has 1 aliphatic rings. The van der Waals surface area contributed by atoms with Crippen LogP contribution in [0.3, 0.4) is 0 Å². The summed E-state index contributed by atoms with van der Waals surface area (Å²) in [5.41, 5.74) is 7.85. The molecule has 0 amide bonds. The summed E-state index contributed by atoms with van der Waals surface area (Å²) in [6, 6.07) is 5.08. The number of nitrogens with zero attached hydrogens (tertiary/aromatic N) is 2. The summed E-state index contributed by atoms with van der Waals surface area (Å²) in [7, 11) is 3.80. The van der Waals surface area contributed by atoms with Crippen LogP contribution in [0.4, 0.5) is 0 Å². The fourth-order valence-electron chi connectivity index (χ4n) is 2.80. The van der Waals surface area contributed by atoms with Crippen molar-refractivity contribution in [3.05, 3.63) is 23.9 Å².